The van der Waals surface area contributed by atoms with Crippen LogP contribution in [0.4, 0.5) is 0 Å². The van der Waals surface area contributed by atoms with Gasteiger partial charge >= 0.3 is 49.5 Å². The Morgan fingerprint density at radius 1 is 0.804 bits per heavy atom. The normalized spacial score (nSPS) is 9.83. The zero-order valence-electron chi connectivity index (χ0n) is 29.0. The molecule has 0 saturated heterocycles. The van der Waals surface area contributed by atoms with Crippen LogP contribution in [-0.4, -0.2) is 96.6 Å². The fourth-order valence-electron chi connectivity index (χ4n) is 4.10. The summed E-state index contributed by atoms with van der Waals surface area (Å²) < 4.78 is 21.7. The SMILES string of the molecule is C=C(C)C(=O)OCCCCCCCCCCCC.C=CCO[Si](CCCNCCNCc1ccccc1)(OC)OC.[Al+3].[Al+3].[O-2].[O-2].[O-2]. The molecule has 0 aliphatic heterocycles. The molecule has 0 aromatic heterocycles. The van der Waals surface area contributed by atoms with E-state index in [0.29, 0.717) is 18.8 Å². The summed E-state index contributed by atoms with van der Waals surface area (Å²) in [5.74, 6) is -0.258. The first kappa shape index (κ1) is 57.4. The molecule has 260 valence electrons. The number of rotatable bonds is 26. The second-order valence-corrected chi connectivity index (χ2v) is 13.3. The first-order chi connectivity index (χ1) is 19.9. The summed E-state index contributed by atoms with van der Waals surface area (Å²) in [5, 5.41) is 6.84. The Morgan fingerprint density at radius 3 is 1.83 bits per heavy atom. The van der Waals surface area contributed by atoms with Gasteiger partial charge < -0.3 is 45.1 Å². The topological polar surface area (TPSA) is 164 Å². The number of benzene rings is 1. The van der Waals surface area contributed by atoms with Gasteiger partial charge in [0.15, 0.2) is 0 Å². The molecular weight excluding hydrogens is 634 g/mol. The van der Waals surface area contributed by atoms with E-state index in [9.17, 15) is 4.79 Å². The van der Waals surface area contributed by atoms with Gasteiger partial charge in [0, 0.05) is 45.5 Å². The van der Waals surface area contributed by atoms with Gasteiger partial charge in [0.2, 0.25) is 0 Å². The van der Waals surface area contributed by atoms with Gasteiger partial charge in [0.25, 0.3) is 0 Å². The van der Waals surface area contributed by atoms with E-state index in [1.165, 1.54) is 63.4 Å². The Morgan fingerprint density at radius 2 is 1.33 bits per heavy atom. The summed E-state index contributed by atoms with van der Waals surface area (Å²) in [6, 6.07) is 11.2. The number of nitrogens with one attached hydrogen (secondary N) is 2. The molecule has 0 fully saturated rings. The average molecular weight is 695 g/mol. The van der Waals surface area contributed by atoms with Gasteiger partial charge in [0.05, 0.1) is 13.2 Å². The molecule has 2 N–H and O–H groups in total. The Bertz CT molecular complexity index is 779. The maximum Gasteiger partial charge on any atom is 3.00 e. The van der Waals surface area contributed by atoms with E-state index in [0.717, 1.165) is 45.1 Å². The minimum atomic E-state index is -2.51. The van der Waals surface area contributed by atoms with Crippen LogP contribution in [0.1, 0.15) is 90.0 Å². The van der Waals surface area contributed by atoms with E-state index in [1.54, 1.807) is 27.2 Å². The summed E-state index contributed by atoms with van der Waals surface area (Å²) in [7, 11) is 0.794. The van der Waals surface area contributed by atoms with Crippen LogP contribution in [0.5, 0.6) is 0 Å². The van der Waals surface area contributed by atoms with Crippen molar-refractivity contribution in [1.82, 2.24) is 10.6 Å². The Kier molecular flexibility index (Phi) is 52.6. The van der Waals surface area contributed by atoms with E-state index in [-0.39, 0.29) is 57.1 Å². The van der Waals surface area contributed by atoms with E-state index in [2.05, 4.69) is 55.0 Å². The van der Waals surface area contributed by atoms with Crippen molar-refractivity contribution in [2.45, 2.75) is 97.1 Å². The van der Waals surface area contributed by atoms with Gasteiger partial charge in [-0.2, -0.15) is 0 Å². The number of unbranched alkanes of at least 4 members (excludes halogenated alkanes) is 9. The molecule has 1 rings (SSSR count). The predicted octanol–water partition coefficient (Wildman–Crippen LogP) is 6.10. The smallest absolute Gasteiger partial charge is 2.00 e. The molecule has 0 unspecified atom stereocenters. The zero-order valence-corrected chi connectivity index (χ0v) is 32.3. The first-order valence-corrected chi connectivity index (χ1v) is 17.5. The van der Waals surface area contributed by atoms with Crippen LogP contribution >= 0.6 is 0 Å². The van der Waals surface area contributed by atoms with Crippen molar-refractivity contribution in [2.75, 3.05) is 47.1 Å². The maximum absolute atomic E-state index is 11.1. The molecule has 0 atom stereocenters. The summed E-state index contributed by atoms with van der Waals surface area (Å²) in [4.78, 5) is 11.1. The second-order valence-electron chi connectivity index (χ2n) is 10.3. The fourth-order valence-corrected chi connectivity index (χ4v) is 6.04. The molecule has 0 aliphatic carbocycles. The van der Waals surface area contributed by atoms with Gasteiger partial charge in [-0.3, -0.25) is 0 Å². The second kappa shape index (κ2) is 42.2. The standard InChI is InChI=1S/C17H30N2O3Si.C16H30O2.2Al.3O/c1-4-14-22-23(20-2,21-3)15-8-11-18-12-13-19-16-17-9-6-5-7-10-17;1-4-5-6-7-8-9-10-11-12-13-14-18-16(17)15(2)3;;;;;/h4-7,9-10,18-19H,1,8,11-16H2,2-3H3;2,4-14H2,1,3H3;;;;;/q;;2*+3;3*-2. The van der Waals surface area contributed by atoms with Crippen molar-refractivity contribution < 1.29 is 39.2 Å². The molecule has 0 bridgehead atoms. The largest absolute Gasteiger partial charge is 3.00 e. The Hall–Kier alpha value is -0.868. The molecule has 0 radical (unpaired) electrons. The minimum absolute atomic E-state index is 0. The number of esters is 1. The van der Waals surface area contributed by atoms with Crippen molar-refractivity contribution in [3.8, 4) is 0 Å². The average Bonchev–Trinajstić information content (AvgIpc) is 2.99. The van der Waals surface area contributed by atoms with Gasteiger partial charge in [-0.05, 0) is 31.9 Å². The molecule has 0 spiro atoms. The number of ether oxygens (including phenoxy) is 1. The van der Waals surface area contributed by atoms with Gasteiger partial charge in [-0.15, -0.1) is 6.58 Å². The van der Waals surface area contributed by atoms with E-state index < -0.39 is 8.80 Å². The molecule has 10 nitrogen and oxygen atoms in total. The summed E-state index contributed by atoms with van der Waals surface area (Å²) >= 11 is 0. The molecule has 1 aromatic rings. The van der Waals surface area contributed by atoms with Crippen LogP contribution in [0.3, 0.4) is 0 Å². The summed E-state index contributed by atoms with van der Waals surface area (Å²) in [5.41, 5.74) is 1.80. The Labute approximate surface area is 303 Å². The molecule has 13 heteroatoms. The summed E-state index contributed by atoms with van der Waals surface area (Å²) in [6.45, 7) is 15.9. The number of hydrogen-bond acceptors (Lipinski definition) is 7. The van der Waals surface area contributed by atoms with Crippen LogP contribution in [0, 0.1) is 0 Å². The monoisotopic (exact) mass is 694 g/mol. The van der Waals surface area contributed by atoms with Crippen LogP contribution in [0.2, 0.25) is 6.04 Å². The number of carbonyl (C=O) groups excluding carboxylic acids is 1. The van der Waals surface area contributed by atoms with Crippen molar-refractivity contribution >= 4 is 49.5 Å². The third-order valence-corrected chi connectivity index (χ3v) is 9.43. The van der Waals surface area contributed by atoms with E-state index in [1.807, 2.05) is 6.07 Å². The minimum Gasteiger partial charge on any atom is -2.00 e. The van der Waals surface area contributed by atoms with Crippen molar-refractivity contribution in [3.63, 3.8) is 0 Å². The number of carbonyl (C=O) groups is 1. The van der Waals surface area contributed by atoms with Crippen LogP contribution in [0.25, 0.3) is 0 Å². The molecule has 0 amide bonds. The molecule has 0 aliphatic rings. The van der Waals surface area contributed by atoms with E-state index >= 15 is 0 Å². The fraction of sp³-hybridized carbons (Fsp3) is 0.667. The zero-order chi connectivity index (χ0) is 30.4. The maximum atomic E-state index is 11.1. The predicted molar refractivity (Wildman–Crippen MR) is 188 cm³/mol. The quantitative estimate of drug-likeness (QED) is 0.0389. The van der Waals surface area contributed by atoms with Crippen LogP contribution < -0.4 is 10.6 Å². The molecular formula is C33H60Al2N2O8Si. The third-order valence-electron chi connectivity index (χ3n) is 6.61. The first-order valence-electron chi connectivity index (χ1n) is 15.6. The molecule has 0 saturated carbocycles. The number of hydrogen-bond donors (Lipinski definition) is 2. The third kappa shape index (κ3) is 34.5. The molecule has 0 heterocycles. The Balaban J connectivity index is -0.000000161. The molecule has 46 heavy (non-hydrogen) atoms. The van der Waals surface area contributed by atoms with E-state index in [4.69, 9.17) is 18.0 Å². The van der Waals surface area contributed by atoms with Crippen molar-refractivity contribution in [2.24, 2.45) is 0 Å². The van der Waals surface area contributed by atoms with Gasteiger partial charge in [-0.25, -0.2) is 4.79 Å². The van der Waals surface area contributed by atoms with Gasteiger partial charge in [0.1, 0.15) is 0 Å². The van der Waals surface area contributed by atoms with Crippen LogP contribution in [-0.2, 0) is 45.8 Å². The summed E-state index contributed by atoms with van der Waals surface area (Å²) in [6.07, 6.45) is 15.6. The van der Waals surface area contributed by atoms with Gasteiger partial charge in [-0.1, -0.05) is 108 Å². The van der Waals surface area contributed by atoms with Crippen molar-refractivity contribution in [3.05, 3.63) is 60.7 Å². The van der Waals surface area contributed by atoms with Crippen molar-refractivity contribution in [1.29, 1.82) is 0 Å². The van der Waals surface area contributed by atoms with Crippen LogP contribution in [0.15, 0.2) is 55.1 Å². The molecule has 1 aromatic carbocycles.